The highest BCUT2D eigenvalue weighted by atomic mass is 15.3. The molecule has 0 aliphatic heterocycles. The molecule has 0 unspecified atom stereocenters. The Labute approximate surface area is 84.5 Å². The summed E-state index contributed by atoms with van der Waals surface area (Å²) in [6.45, 7) is 0. The minimum atomic E-state index is 0.718. The third-order valence-electron chi connectivity index (χ3n) is 3.28. The number of fused-ring (bicyclic) bond motifs is 1. The highest BCUT2D eigenvalue weighted by molar-refractivity contribution is 5.49. The second-order valence-electron chi connectivity index (χ2n) is 4.52. The monoisotopic (exact) mass is 191 g/mol. The number of nitrogens with zero attached hydrogens (tertiary/aromatic N) is 2. The average Bonchev–Trinajstić information content (AvgIpc) is 2.95. The third-order valence-corrected chi connectivity index (χ3v) is 3.28. The molecule has 0 radical (unpaired) electrons. The van der Waals surface area contributed by atoms with Crippen LogP contribution in [0.3, 0.4) is 0 Å². The van der Waals surface area contributed by atoms with Gasteiger partial charge in [0, 0.05) is 24.3 Å². The Morgan fingerprint density at radius 3 is 2.86 bits per heavy atom. The largest absolute Gasteiger partial charge is 0.366 e. The van der Waals surface area contributed by atoms with E-state index in [0.717, 1.165) is 6.04 Å². The van der Waals surface area contributed by atoms with Crippen molar-refractivity contribution < 1.29 is 0 Å². The number of nitrogens with one attached hydrogen (secondary N) is 1. The van der Waals surface area contributed by atoms with Crippen LogP contribution in [-0.4, -0.2) is 15.8 Å². The van der Waals surface area contributed by atoms with Crippen LogP contribution in [0.1, 0.15) is 36.9 Å². The van der Waals surface area contributed by atoms with Gasteiger partial charge in [0.15, 0.2) is 5.82 Å². The predicted molar refractivity (Wildman–Crippen MR) is 56.5 cm³/mol. The Balaban J connectivity index is 1.93. The Kier molecular flexibility index (Phi) is 1.79. The fourth-order valence-corrected chi connectivity index (χ4v) is 2.31. The van der Waals surface area contributed by atoms with Crippen LogP contribution in [0.15, 0.2) is 0 Å². The Morgan fingerprint density at radius 2 is 2.07 bits per heavy atom. The highest BCUT2D eigenvalue weighted by Gasteiger charge is 2.25. The Hall–Kier alpha value is -0.990. The zero-order chi connectivity index (χ0) is 9.54. The van der Waals surface area contributed by atoms with Crippen LogP contribution in [-0.2, 0) is 19.9 Å². The van der Waals surface area contributed by atoms with Gasteiger partial charge in [-0.1, -0.05) is 0 Å². The summed E-state index contributed by atoms with van der Waals surface area (Å²) < 4.78 is 2.07. The molecule has 0 amide bonds. The first-order valence-corrected chi connectivity index (χ1v) is 5.66. The summed E-state index contributed by atoms with van der Waals surface area (Å²) in [5.41, 5.74) is 2.95. The van der Waals surface area contributed by atoms with E-state index in [-0.39, 0.29) is 0 Å². The number of hydrogen-bond acceptors (Lipinski definition) is 2. The second-order valence-corrected chi connectivity index (χ2v) is 4.52. The molecular formula is C11H17N3. The van der Waals surface area contributed by atoms with Gasteiger partial charge in [0.2, 0.25) is 0 Å². The van der Waals surface area contributed by atoms with Crippen molar-refractivity contribution in [2.24, 2.45) is 7.05 Å². The number of aryl methyl sites for hydroxylation is 1. The van der Waals surface area contributed by atoms with Gasteiger partial charge >= 0.3 is 0 Å². The summed E-state index contributed by atoms with van der Waals surface area (Å²) in [6.07, 6.45) is 7.74. The first-order valence-electron chi connectivity index (χ1n) is 5.66. The SMILES string of the molecule is Cn1nc(NC2CC2)c2c1CCCC2. The Bertz CT molecular complexity index is 350. The summed E-state index contributed by atoms with van der Waals surface area (Å²) in [6, 6.07) is 0.718. The summed E-state index contributed by atoms with van der Waals surface area (Å²) in [5.74, 6) is 1.17. The van der Waals surface area contributed by atoms with Crippen molar-refractivity contribution in [3.63, 3.8) is 0 Å². The minimum absolute atomic E-state index is 0.718. The molecule has 0 atom stereocenters. The molecule has 0 bridgehead atoms. The molecule has 1 aromatic heterocycles. The van der Waals surface area contributed by atoms with E-state index in [4.69, 9.17) is 0 Å². The van der Waals surface area contributed by atoms with Gasteiger partial charge in [-0.2, -0.15) is 5.10 Å². The van der Waals surface area contributed by atoms with Crippen molar-refractivity contribution in [1.29, 1.82) is 0 Å². The second kappa shape index (κ2) is 3.01. The normalized spacial score (nSPS) is 20.6. The third kappa shape index (κ3) is 1.31. The van der Waals surface area contributed by atoms with Gasteiger partial charge < -0.3 is 5.32 Å². The minimum Gasteiger partial charge on any atom is -0.366 e. The molecule has 3 rings (SSSR count). The first-order chi connectivity index (χ1) is 6.84. The number of rotatable bonds is 2. The van der Waals surface area contributed by atoms with E-state index in [1.54, 1.807) is 0 Å². The van der Waals surface area contributed by atoms with Crippen LogP contribution >= 0.6 is 0 Å². The van der Waals surface area contributed by atoms with Crippen molar-refractivity contribution in [3.8, 4) is 0 Å². The van der Waals surface area contributed by atoms with E-state index in [1.165, 1.54) is 55.6 Å². The lowest BCUT2D eigenvalue weighted by atomic mass is 9.97. The average molecular weight is 191 g/mol. The van der Waals surface area contributed by atoms with Crippen LogP contribution < -0.4 is 5.32 Å². The molecule has 76 valence electrons. The van der Waals surface area contributed by atoms with Crippen LogP contribution in [0, 0.1) is 0 Å². The molecule has 1 N–H and O–H groups in total. The van der Waals surface area contributed by atoms with Gasteiger partial charge in [-0.25, -0.2) is 0 Å². The lowest BCUT2D eigenvalue weighted by molar-refractivity contribution is 0.626. The van der Waals surface area contributed by atoms with Crippen LogP contribution in [0.2, 0.25) is 0 Å². The van der Waals surface area contributed by atoms with Crippen molar-refractivity contribution in [2.45, 2.75) is 44.6 Å². The molecule has 1 heterocycles. The molecule has 1 aromatic rings. The lowest BCUT2D eigenvalue weighted by Gasteiger charge is -2.12. The fraction of sp³-hybridized carbons (Fsp3) is 0.727. The molecule has 0 spiro atoms. The van der Waals surface area contributed by atoms with Gasteiger partial charge in [-0.05, 0) is 38.5 Å². The molecule has 2 aliphatic carbocycles. The number of aromatic nitrogens is 2. The topological polar surface area (TPSA) is 29.9 Å². The molecule has 14 heavy (non-hydrogen) atoms. The van der Waals surface area contributed by atoms with E-state index in [1.807, 2.05) is 0 Å². The maximum absolute atomic E-state index is 4.58. The van der Waals surface area contributed by atoms with E-state index in [9.17, 15) is 0 Å². The number of anilines is 1. The van der Waals surface area contributed by atoms with Gasteiger partial charge in [-0.15, -0.1) is 0 Å². The first kappa shape index (κ1) is 8.33. The maximum atomic E-state index is 4.58. The van der Waals surface area contributed by atoms with E-state index < -0.39 is 0 Å². The maximum Gasteiger partial charge on any atom is 0.151 e. The molecule has 0 aromatic carbocycles. The standard InChI is InChI=1S/C11H17N3/c1-14-10-5-3-2-4-9(10)11(13-14)12-8-6-7-8/h8H,2-7H2,1H3,(H,12,13). The molecule has 1 saturated carbocycles. The van der Waals surface area contributed by atoms with Crippen molar-refractivity contribution in [2.75, 3.05) is 5.32 Å². The summed E-state index contributed by atoms with van der Waals surface area (Å²) >= 11 is 0. The molecule has 3 heteroatoms. The van der Waals surface area contributed by atoms with E-state index in [0.29, 0.717) is 0 Å². The van der Waals surface area contributed by atoms with Crippen molar-refractivity contribution in [1.82, 2.24) is 9.78 Å². The molecule has 0 saturated heterocycles. The molecule has 2 aliphatic rings. The van der Waals surface area contributed by atoms with Crippen LogP contribution in [0.4, 0.5) is 5.82 Å². The molecular weight excluding hydrogens is 174 g/mol. The summed E-state index contributed by atoms with van der Waals surface area (Å²) in [4.78, 5) is 0. The van der Waals surface area contributed by atoms with Crippen molar-refractivity contribution in [3.05, 3.63) is 11.3 Å². The summed E-state index contributed by atoms with van der Waals surface area (Å²) in [5, 5.41) is 8.11. The van der Waals surface area contributed by atoms with E-state index >= 15 is 0 Å². The fourth-order valence-electron chi connectivity index (χ4n) is 2.31. The van der Waals surface area contributed by atoms with Crippen LogP contribution in [0.5, 0.6) is 0 Å². The van der Waals surface area contributed by atoms with E-state index in [2.05, 4.69) is 22.1 Å². The van der Waals surface area contributed by atoms with Crippen molar-refractivity contribution >= 4 is 5.82 Å². The van der Waals surface area contributed by atoms with Gasteiger partial charge in [0.05, 0.1) is 0 Å². The quantitative estimate of drug-likeness (QED) is 0.773. The lowest BCUT2D eigenvalue weighted by Crippen LogP contribution is -2.07. The summed E-state index contributed by atoms with van der Waals surface area (Å²) in [7, 11) is 2.07. The molecule has 1 fully saturated rings. The predicted octanol–water partition coefficient (Wildman–Crippen LogP) is 1.87. The van der Waals surface area contributed by atoms with Crippen LogP contribution in [0.25, 0.3) is 0 Å². The Morgan fingerprint density at radius 1 is 1.29 bits per heavy atom. The molecule has 3 nitrogen and oxygen atoms in total. The highest BCUT2D eigenvalue weighted by Crippen LogP contribution is 2.31. The smallest absolute Gasteiger partial charge is 0.151 e. The van der Waals surface area contributed by atoms with Gasteiger partial charge in [0.25, 0.3) is 0 Å². The zero-order valence-corrected chi connectivity index (χ0v) is 8.71. The van der Waals surface area contributed by atoms with Gasteiger partial charge in [0.1, 0.15) is 0 Å². The zero-order valence-electron chi connectivity index (χ0n) is 8.71. The number of hydrogen-bond donors (Lipinski definition) is 1. The van der Waals surface area contributed by atoms with Gasteiger partial charge in [-0.3, -0.25) is 4.68 Å².